The third-order valence-corrected chi connectivity index (χ3v) is 4.23. The van der Waals surface area contributed by atoms with Crippen molar-refractivity contribution in [2.24, 2.45) is 0 Å². The normalized spacial score (nSPS) is 10.7. The summed E-state index contributed by atoms with van der Waals surface area (Å²) in [5, 5.41) is 0. The maximum absolute atomic E-state index is 11.8. The van der Waals surface area contributed by atoms with Gasteiger partial charge in [-0.15, -0.1) is 0 Å². The van der Waals surface area contributed by atoms with Crippen molar-refractivity contribution in [3.63, 3.8) is 0 Å². The predicted octanol–water partition coefficient (Wildman–Crippen LogP) is 4.65. The van der Waals surface area contributed by atoms with Gasteiger partial charge in [0, 0.05) is 29.9 Å². The van der Waals surface area contributed by atoms with Crippen LogP contribution < -0.4 is 4.74 Å². The molecule has 3 aromatic rings. The molecule has 0 atom stereocenters. The Morgan fingerprint density at radius 1 is 1.07 bits per heavy atom. The molecule has 0 amide bonds. The summed E-state index contributed by atoms with van der Waals surface area (Å²) < 4.78 is 11.0. The van der Waals surface area contributed by atoms with Gasteiger partial charge in [0.1, 0.15) is 11.6 Å². The van der Waals surface area contributed by atoms with Crippen LogP contribution in [-0.2, 0) is 16.2 Å². The Morgan fingerprint density at radius 2 is 1.86 bits per heavy atom. The van der Waals surface area contributed by atoms with Gasteiger partial charge in [-0.3, -0.25) is 0 Å². The van der Waals surface area contributed by atoms with Crippen molar-refractivity contribution < 1.29 is 19.2 Å². The number of aromatic nitrogens is 2. The van der Waals surface area contributed by atoms with Gasteiger partial charge in [0.2, 0.25) is 0 Å². The summed E-state index contributed by atoms with van der Waals surface area (Å²) >= 11 is 0. The lowest BCUT2D eigenvalue weighted by molar-refractivity contribution is -0.736. The molecule has 1 aromatic heterocycles. The predicted molar refractivity (Wildman–Crippen MR) is 106 cm³/mol. The van der Waals surface area contributed by atoms with Crippen molar-refractivity contribution in [3.8, 4) is 28.4 Å². The van der Waals surface area contributed by atoms with Crippen LogP contribution in [0.25, 0.3) is 22.6 Å². The van der Waals surface area contributed by atoms with Crippen LogP contribution >= 0.6 is 0 Å². The molecular formula is C21H24N3O4+. The number of imidazole rings is 1. The number of benzene rings is 2. The highest BCUT2D eigenvalue weighted by molar-refractivity contribution is 5.68. The number of nitrogens with one attached hydrogen (secondary N) is 1. The van der Waals surface area contributed by atoms with Crippen molar-refractivity contribution in [1.82, 2.24) is 9.97 Å². The van der Waals surface area contributed by atoms with Gasteiger partial charge >= 0.3 is 5.69 Å². The first-order valence-corrected chi connectivity index (χ1v) is 9.09. The largest absolute Gasteiger partial charge is 0.497 e. The molecule has 0 aliphatic carbocycles. The zero-order valence-electron chi connectivity index (χ0n) is 16.3. The van der Waals surface area contributed by atoms with E-state index in [1.807, 2.05) is 30.3 Å². The minimum atomic E-state index is 0.395. The second kappa shape index (κ2) is 9.14. The van der Waals surface area contributed by atoms with Gasteiger partial charge in [0.25, 0.3) is 4.92 Å². The van der Waals surface area contributed by atoms with Gasteiger partial charge in [0.05, 0.1) is 30.0 Å². The number of hydrogen-bond acceptors (Lipinski definition) is 5. The van der Waals surface area contributed by atoms with Gasteiger partial charge in [-0.2, -0.15) is 0 Å². The van der Waals surface area contributed by atoms with Crippen LogP contribution in [-0.4, -0.2) is 35.7 Å². The molecule has 28 heavy (non-hydrogen) atoms. The first-order chi connectivity index (χ1) is 13.7. The summed E-state index contributed by atoms with van der Waals surface area (Å²) in [5.41, 5.74) is 3.82. The molecule has 0 bridgehead atoms. The van der Waals surface area contributed by atoms with Crippen LogP contribution in [0, 0.1) is 4.91 Å². The quantitative estimate of drug-likeness (QED) is 0.431. The molecule has 1 heterocycles. The summed E-state index contributed by atoms with van der Waals surface area (Å²) in [6, 6.07) is 14.8. The van der Waals surface area contributed by atoms with Gasteiger partial charge in [-0.25, -0.2) is 9.82 Å². The molecule has 7 heteroatoms. The maximum atomic E-state index is 11.8. The Kier molecular flexibility index (Phi) is 6.39. The zero-order chi connectivity index (χ0) is 19.9. The number of methoxy groups -OCH3 is 1. The second-order valence-corrected chi connectivity index (χ2v) is 6.18. The number of rotatable bonds is 9. The first-order valence-electron chi connectivity index (χ1n) is 9.09. The highest BCUT2D eigenvalue weighted by atomic mass is 16.8. The molecule has 0 saturated heterocycles. The fourth-order valence-corrected chi connectivity index (χ4v) is 2.83. The zero-order valence-corrected chi connectivity index (χ0v) is 16.3. The first kappa shape index (κ1) is 19.6. The Hall–Kier alpha value is -3.19. The van der Waals surface area contributed by atoms with E-state index in [2.05, 4.69) is 11.9 Å². The Morgan fingerprint density at radius 3 is 2.54 bits per heavy atom. The minimum absolute atomic E-state index is 0.395. The molecule has 7 nitrogen and oxygen atoms in total. The monoisotopic (exact) mass is 382 g/mol. The second-order valence-electron chi connectivity index (χ2n) is 6.18. The van der Waals surface area contributed by atoms with Crippen LogP contribution in [0.15, 0.2) is 48.5 Å². The summed E-state index contributed by atoms with van der Waals surface area (Å²) in [6.45, 7) is 3.16. The fourth-order valence-electron chi connectivity index (χ4n) is 2.83. The van der Waals surface area contributed by atoms with E-state index in [0.29, 0.717) is 29.6 Å². The average molecular weight is 382 g/mol. The molecule has 3 rings (SSSR count). The minimum Gasteiger partial charge on any atom is -0.497 e. The third kappa shape index (κ3) is 4.37. The van der Waals surface area contributed by atoms with Crippen molar-refractivity contribution in [1.29, 1.82) is 0 Å². The standard InChI is InChI=1S/C21H24N3O4/c1-4-12-28-14-19-20(15-8-10-18(26-2)11-9-15)23-21(22-19)16-6-5-7-17(13-16)24(25)27-3/h5-11,13H,4,12,14H2,1-3H3,(H,22,23)/q+1. The molecule has 0 saturated carbocycles. The highest BCUT2D eigenvalue weighted by Crippen LogP contribution is 2.29. The smallest absolute Gasteiger partial charge is 0.317 e. The van der Waals surface area contributed by atoms with E-state index in [0.717, 1.165) is 34.7 Å². The van der Waals surface area contributed by atoms with E-state index in [4.69, 9.17) is 19.3 Å². The SMILES string of the molecule is CCCOCc1[nH]c(-c2cccc([N+](=O)OC)c2)nc1-c1ccc(OC)cc1. The summed E-state index contributed by atoms with van der Waals surface area (Å²) in [5.74, 6) is 1.44. The van der Waals surface area contributed by atoms with E-state index >= 15 is 0 Å². The average Bonchev–Trinajstić information content (AvgIpc) is 3.17. The number of hydrogen-bond donors (Lipinski definition) is 1. The van der Waals surface area contributed by atoms with Crippen molar-refractivity contribution in [2.75, 3.05) is 20.8 Å². The van der Waals surface area contributed by atoms with Crippen LogP contribution in [0.4, 0.5) is 5.69 Å². The van der Waals surface area contributed by atoms with E-state index in [1.54, 1.807) is 25.3 Å². The van der Waals surface area contributed by atoms with Crippen molar-refractivity contribution >= 4 is 5.69 Å². The molecule has 1 N–H and O–H groups in total. The van der Waals surface area contributed by atoms with Crippen LogP contribution in [0.1, 0.15) is 19.0 Å². The van der Waals surface area contributed by atoms with E-state index in [-0.39, 0.29) is 0 Å². The topological polar surface area (TPSA) is 76.5 Å². The lowest BCUT2D eigenvalue weighted by Crippen LogP contribution is -1.98. The molecule has 0 aliphatic heterocycles. The van der Waals surface area contributed by atoms with Gasteiger partial charge < -0.3 is 14.5 Å². The van der Waals surface area contributed by atoms with Gasteiger partial charge in [0.15, 0.2) is 7.11 Å². The van der Waals surface area contributed by atoms with Crippen LogP contribution in [0.2, 0.25) is 0 Å². The van der Waals surface area contributed by atoms with E-state index in [1.165, 1.54) is 7.11 Å². The van der Waals surface area contributed by atoms with Gasteiger partial charge in [-0.1, -0.05) is 19.1 Å². The molecule has 2 aromatic carbocycles. The summed E-state index contributed by atoms with van der Waals surface area (Å²) in [4.78, 5) is 25.1. The molecule has 0 spiro atoms. The molecular weight excluding hydrogens is 358 g/mol. The molecule has 146 valence electrons. The molecule has 0 unspecified atom stereocenters. The molecule has 0 fully saturated rings. The van der Waals surface area contributed by atoms with Crippen molar-refractivity contribution in [2.45, 2.75) is 20.0 Å². The molecule has 0 radical (unpaired) electrons. The number of nitrogens with zero attached hydrogens (tertiary/aromatic N) is 2. The van der Waals surface area contributed by atoms with Crippen LogP contribution in [0.3, 0.4) is 0 Å². The Balaban J connectivity index is 1.99. The number of H-pyrrole nitrogens is 1. The summed E-state index contributed by atoms with van der Waals surface area (Å²) in [6.07, 6.45) is 0.942. The fraction of sp³-hybridized carbons (Fsp3) is 0.286. The van der Waals surface area contributed by atoms with Crippen molar-refractivity contribution in [3.05, 3.63) is 59.1 Å². The Labute approximate surface area is 163 Å². The number of ether oxygens (including phenoxy) is 2. The van der Waals surface area contributed by atoms with E-state index < -0.39 is 0 Å². The third-order valence-electron chi connectivity index (χ3n) is 4.23. The van der Waals surface area contributed by atoms with Gasteiger partial charge in [-0.05, 0) is 30.7 Å². The van der Waals surface area contributed by atoms with Crippen LogP contribution in [0.5, 0.6) is 5.75 Å². The lowest BCUT2D eigenvalue weighted by Gasteiger charge is -2.05. The highest BCUT2D eigenvalue weighted by Gasteiger charge is 2.18. The maximum Gasteiger partial charge on any atom is 0.317 e. The summed E-state index contributed by atoms with van der Waals surface area (Å²) in [7, 11) is 2.97. The number of aromatic amines is 1. The Bertz CT molecular complexity index is 935. The lowest BCUT2D eigenvalue weighted by atomic mass is 10.1. The molecule has 0 aliphatic rings. The van der Waals surface area contributed by atoms with E-state index in [9.17, 15) is 4.91 Å².